The van der Waals surface area contributed by atoms with E-state index in [-0.39, 0.29) is 0 Å². The molecule has 0 aliphatic heterocycles. The quantitative estimate of drug-likeness (QED) is 0.819. The van der Waals surface area contributed by atoms with Crippen LogP contribution in [0.2, 0.25) is 0 Å². The van der Waals surface area contributed by atoms with E-state index in [2.05, 4.69) is 14.5 Å². The molecule has 2 aromatic rings. The van der Waals surface area contributed by atoms with Gasteiger partial charge < -0.3 is 0 Å². The zero-order chi connectivity index (χ0) is 15.6. The van der Waals surface area contributed by atoms with Gasteiger partial charge in [-0.2, -0.15) is 9.50 Å². The third kappa shape index (κ3) is 3.81. The van der Waals surface area contributed by atoms with E-state index in [4.69, 9.17) is 0 Å². The first-order chi connectivity index (χ1) is 9.77. The Bertz CT molecular complexity index is 686. The first-order valence-electron chi connectivity index (χ1n) is 6.41. The first kappa shape index (κ1) is 15.5. The molecule has 1 atom stereocenters. The molecule has 0 aromatic carbocycles. The summed E-state index contributed by atoms with van der Waals surface area (Å²) < 4.78 is 30.0. The van der Waals surface area contributed by atoms with Gasteiger partial charge in [0, 0.05) is 11.8 Å². The van der Waals surface area contributed by atoms with Gasteiger partial charge in [-0.3, -0.25) is 0 Å². The normalized spacial score (nSPS) is 14.2. The molecule has 0 bridgehead atoms. The van der Waals surface area contributed by atoms with Crippen LogP contribution in [0.5, 0.6) is 0 Å². The van der Waals surface area contributed by atoms with Gasteiger partial charge in [0.25, 0.3) is 0 Å². The average molecular weight is 308 g/mol. The van der Waals surface area contributed by atoms with Crippen LogP contribution in [0.1, 0.15) is 33.3 Å². The Hall–Kier alpha value is -1.89. The number of nitrogens with zero attached hydrogens (tertiary/aromatic N) is 4. The molecule has 5 nitrogen and oxygen atoms in total. The van der Waals surface area contributed by atoms with Crippen LogP contribution >= 0.6 is 0 Å². The van der Waals surface area contributed by atoms with Crippen molar-refractivity contribution in [3.63, 3.8) is 0 Å². The molecule has 0 saturated carbocycles. The minimum absolute atomic E-state index is 0.402. The second-order valence-electron chi connectivity index (χ2n) is 5.55. The maximum Gasteiger partial charge on any atom is 0.161 e. The maximum atomic E-state index is 12.9. The summed E-state index contributed by atoms with van der Waals surface area (Å²) >= 11 is 0. The molecule has 0 aliphatic carbocycles. The van der Waals surface area contributed by atoms with Crippen LogP contribution in [0.25, 0.3) is 5.82 Å². The molecular formula is C14H17FN4OS. The van der Waals surface area contributed by atoms with E-state index in [1.165, 1.54) is 10.9 Å². The van der Waals surface area contributed by atoms with E-state index < -0.39 is 21.5 Å². The Balaban J connectivity index is 2.23. The molecule has 7 heteroatoms. The third-order valence-electron chi connectivity index (χ3n) is 2.70. The summed E-state index contributed by atoms with van der Waals surface area (Å²) in [4.78, 5) is 4.21. The molecule has 0 fully saturated rings. The van der Waals surface area contributed by atoms with Crippen LogP contribution in [0.15, 0.2) is 35.1 Å². The molecule has 2 heterocycles. The molecular weight excluding hydrogens is 291 g/mol. The molecule has 0 aliphatic rings. The van der Waals surface area contributed by atoms with Crippen LogP contribution < -0.4 is 0 Å². The fourth-order valence-electron chi connectivity index (χ4n) is 1.48. The summed E-state index contributed by atoms with van der Waals surface area (Å²) in [5.74, 6) is 0.0894. The molecule has 21 heavy (non-hydrogen) atoms. The number of hydrogen-bond donors (Lipinski definition) is 0. The Labute approximate surface area is 125 Å². The van der Waals surface area contributed by atoms with Crippen molar-refractivity contribution in [3.8, 4) is 5.82 Å². The van der Waals surface area contributed by atoms with E-state index in [9.17, 15) is 8.60 Å². The lowest BCUT2D eigenvalue weighted by Gasteiger charge is -2.14. The van der Waals surface area contributed by atoms with Crippen molar-refractivity contribution in [2.45, 2.75) is 32.4 Å². The van der Waals surface area contributed by atoms with Gasteiger partial charge in [-0.15, -0.1) is 0 Å². The van der Waals surface area contributed by atoms with Gasteiger partial charge in [0.2, 0.25) is 0 Å². The Morgan fingerprint density at radius 2 is 2.05 bits per heavy atom. The van der Waals surface area contributed by atoms with Gasteiger partial charge in [0.15, 0.2) is 11.6 Å². The minimum atomic E-state index is -1.31. The van der Waals surface area contributed by atoms with Crippen molar-refractivity contribution in [1.82, 2.24) is 14.8 Å². The zero-order valence-corrected chi connectivity index (χ0v) is 13.2. The molecule has 112 valence electrons. The zero-order valence-electron chi connectivity index (χ0n) is 12.4. The van der Waals surface area contributed by atoms with Gasteiger partial charge in [-0.25, -0.2) is 18.3 Å². The lowest BCUT2D eigenvalue weighted by molar-refractivity contribution is 0.627. The monoisotopic (exact) mass is 308 g/mol. The van der Waals surface area contributed by atoms with Crippen molar-refractivity contribution in [2.75, 3.05) is 0 Å². The predicted octanol–water partition coefficient (Wildman–Crippen LogP) is 2.68. The van der Waals surface area contributed by atoms with Gasteiger partial charge in [0.1, 0.15) is 11.0 Å². The Kier molecular flexibility index (Phi) is 4.32. The second kappa shape index (κ2) is 5.85. The van der Waals surface area contributed by atoms with Crippen molar-refractivity contribution in [2.24, 2.45) is 4.40 Å². The van der Waals surface area contributed by atoms with Crippen molar-refractivity contribution in [1.29, 1.82) is 0 Å². The Morgan fingerprint density at radius 3 is 2.52 bits per heavy atom. The molecule has 1 unspecified atom stereocenters. The fraction of sp³-hybridized carbons (Fsp3) is 0.357. The molecule has 0 amide bonds. The highest BCUT2D eigenvalue weighted by molar-refractivity contribution is 7.85. The summed E-state index contributed by atoms with van der Waals surface area (Å²) in [6, 6.07) is 3.50. The van der Waals surface area contributed by atoms with E-state index >= 15 is 0 Å². The van der Waals surface area contributed by atoms with E-state index in [0.717, 1.165) is 11.8 Å². The predicted molar refractivity (Wildman–Crippen MR) is 81.4 cm³/mol. The SMILES string of the molecule is CC(=NS(=O)C(C)(C)C)c1ccc(-n2cc(F)cn2)nc1. The summed E-state index contributed by atoms with van der Waals surface area (Å²) in [6.45, 7) is 7.39. The number of halogens is 1. The highest BCUT2D eigenvalue weighted by Crippen LogP contribution is 2.14. The highest BCUT2D eigenvalue weighted by atomic mass is 32.2. The topological polar surface area (TPSA) is 60.1 Å². The fourth-order valence-corrected chi connectivity index (χ4v) is 2.10. The van der Waals surface area contributed by atoms with E-state index in [1.807, 2.05) is 20.8 Å². The van der Waals surface area contributed by atoms with Crippen LogP contribution in [0.3, 0.4) is 0 Å². The largest absolute Gasteiger partial charge is 0.236 e. The average Bonchev–Trinajstić information content (AvgIpc) is 2.84. The number of pyridine rings is 1. The number of rotatable bonds is 3. The molecule has 0 spiro atoms. The van der Waals surface area contributed by atoms with Gasteiger partial charge >= 0.3 is 0 Å². The standard InChI is InChI=1S/C14H17FN4OS/c1-10(18-21(20)14(2,3)4)11-5-6-13(16-7-11)19-9-12(15)8-17-19/h5-9H,1-4H3. The maximum absolute atomic E-state index is 12.9. The summed E-state index contributed by atoms with van der Waals surface area (Å²) in [5.41, 5.74) is 1.41. The second-order valence-corrected chi connectivity index (χ2v) is 7.45. The Morgan fingerprint density at radius 1 is 1.33 bits per heavy atom. The molecule has 0 saturated heterocycles. The van der Waals surface area contributed by atoms with Crippen LogP contribution in [-0.2, 0) is 11.0 Å². The molecule has 0 N–H and O–H groups in total. The lowest BCUT2D eigenvalue weighted by atomic mass is 10.2. The van der Waals surface area contributed by atoms with Crippen molar-refractivity contribution in [3.05, 3.63) is 42.1 Å². The van der Waals surface area contributed by atoms with Gasteiger partial charge in [-0.1, -0.05) is 0 Å². The molecule has 0 radical (unpaired) electrons. The molecule has 2 aromatic heterocycles. The van der Waals surface area contributed by atoms with Crippen molar-refractivity contribution < 1.29 is 8.60 Å². The molecule has 2 rings (SSSR count). The number of aromatic nitrogens is 3. The minimum Gasteiger partial charge on any atom is -0.236 e. The van der Waals surface area contributed by atoms with Crippen molar-refractivity contribution >= 4 is 16.7 Å². The third-order valence-corrected chi connectivity index (χ3v) is 4.18. The van der Waals surface area contributed by atoms with Crippen LogP contribution in [0.4, 0.5) is 4.39 Å². The first-order valence-corrected chi connectivity index (χ1v) is 7.52. The summed E-state index contributed by atoms with van der Waals surface area (Å²) in [6.07, 6.45) is 3.97. The van der Waals surface area contributed by atoms with Gasteiger partial charge in [-0.05, 0) is 39.8 Å². The summed E-state index contributed by atoms with van der Waals surface area (Å²) in [7, 11) is -1.31. The number of hydrogen-bond acceptors (Lipinski definition) is 3. The van der Waals surface area contributed by atoms with E-state index in [0.29, 0.717) is 11.5 Å². The lowest BCUT2D eigenvalue weighted by Crippen LogP contribution is -2.20. The van der Waals surface area contributed by atoms with E-state index in [1.54, 1.807) is 25.3 Å². The smallest absolute Gasteiger partial charge is 0.161 e. The summed E-state index contributed by atoms with van der Waals surface area (Å²) in [5, 5.41) is 3.84. The van der Waals surface area contributed by atoms with Gasteiger partial charge in [0.05, 0.1) is 22.9 Å². The van der Waals surface area contributed by atoms with Crippen LogP contribution in [-0.4, -0.2) is 29.4 Å². The highest BCUT2D eigenvalue weighted by Gasteiger charge is 2.19. The van der Waals surface area contributed by atoms with Crippen LogP contribution in [0, 0.1) is 5.82 Å².